The Kier molecular flexibility index (Phi) is 4.38. The predicted octanol–water partition coefficient (Wildman–Crippen LogP) is 2.33. The second kappa shape index (κ2) is 6.47. The Morgan fingerprint density at radius 1 is 1.21 bits per heavy atom. The summed E-state index contributed by atoms with van der Waals surface area (Å²) in [5, 5.41) is 3.75. The van der Waals surface area contributed by atoms with Gasteiger partial charge in [-0.05, 0) is 25.3 Å². The van der Waals surface area contributed by atoms with E-state index in [0.717, 1.165) is 5.56 Å². The van der Waals surface area contributed by atoms with Gasteiger partial charge < -0.3 is 14.2 Å². The molecule has 0 radical (unpaired) electrons. The molecular weight excluding hydrogens is 308 g/mol. The third kappa shape index (κ3) is 2.79. The van der Waals surface area contributed by atoms with Crippen molar-refractivity contribution in [2.24, 2.45) is 0 Å². The van der Waals surface area contributed by atoms with E-state index in [0.29, 0.717) is 31.6 Å². The highest BCUT2D eigenvalue weighted by atomic mass is 16.5. The van der Waals surface area contributed by atoms with Gasteiger partial charge in [-0.25, -0.2) is 0 Å². The van der Waals surface area contributed by atoms with Crippen LogP contribution in [0.15, 0.2) is 40.9 Å². The highest BCUT2D eigenvalue weighted by Crippen LogP contribution is 2.37. The van der Waals surface area contributed by atoms with Gasteiger partial charge in [0.25, 0.3) is 5.91 Å². The number of hydrogen-bond donors (Lipinski definition) is 0. The largest absolute Gasteiger partial charge is 0.468 e. The molecule has 6 nitrogen and oxygen atoms in total. The lowest BCUT2D eigenvalue weighted by Crippen LogP contribution is -2.49. The van der Waals surface area contributed by atoms with Crippen molar-refractivity contribution < 1.29 is 18.8 Å². The number of aryl methyl sites for hydroxylation is 1. The topological polar surface area (TPSA) is 72.6 Å². The molecule has 0 N–H and O–H groups in total. The molecule has 1 fully saturated rings. The van der Waals surface area contributed by atoms with Gasteiger partial charge in [-0.2, -0.15) is 0 Å². The van der Waals surface area contributed by atoms with E-state index in [1.54, 1.807) is 17.9 Å². The fourth-order valence-electron chi connectivity index (χ4n) is 3.27. The third-order valence-corrected chi connectivity index (χ3v) is 4.65. The summed E-state index contributed by atoms with van der Waals surface area (Å²) in [6.45, 7) is 2.69. The molecular formula is C18H20N2O4. The first-order chi connectivity index (χ1) is 11.6. The first-order valence-corrected chi connectivity index (χ1v) is 7.93. The van der Waals surface area contributed by atoms with Gasteiger partial charge in [0.05, 0.1) is 18.2 Å². The third-order valence-electron chi connectivity index (χ3n) is 4.65. The van der Waals surface area contributed by atoms with Crippen LogP contribution in [-0.2, 0) is 14.9 Å². The number of ether oxygens (including phenoxy) is 1. The van der Waals surface area contributed by atoms with Gasteiger partial charge in [0.15, 0.2) is 0 Å². The molecule has 6 heteroatoms. The van der Waals surface area contributed by atoms with Gasteiger partial charge in [0, 0.05) is 19.2 Å². The minimum absolute atomic E-state index is 0.192. The molecule has 0 saturated carbocycles. The van der Waals surface area contributed by atoms with Crippen LogP contribution in [0.25, 0.3) is 0 Å². The molecule has 24 heavy (non-hydrogen) atoms. The molecule has 2 aromatic rings. The van der Waals surface area contributed by atoms with E-state index < -0.39 is 5.41 Å². The number of hydrogen-bond acceptors (Lipinski definition) is 5. The summed E-state index contributed by atoms with van der Waals surface area (Å²) in [4.78, 5) is 26.7. The minimum Gasteiger partial charge on any atom is -0.468 e. The molecule has 0 bridgehead atoms. The molecule has 0 aliphatic carbocycles. The summed E-state index contributed by atoms with van der Waals surface area (Å²) < 4.78 is 10.1. The van der Waals surface area contributed by atoms with Crippen molar-refractivity contribution in [2.45, 2.75) is 25.2 Å². The van der Waals surface area contributed by atoms with Crippen molar-refractivity contribution in [3.8, 4) is 0 Å². The molecule has 126 valence electrons. The Morgan fingerprint density at radius 3 is 2.42 bits per heavy atom. The van der Waals surface area contributed by atoms with Gasteiger partial charge in [0.2, 0.25) is 5.76 Å². The molecule has 1 aromatic heterocycles. The van der Waals surface area contributed by atoms with Gasteiger partial charge in [-0.15, -0.1) is 0 Å². The number of piperidine rings is 1. The summed E-state index contributed by atoms with van der Waals surface area (Å²) in [6.07, 6.45) is 1.03. The van der Waals surface area contributed by atoms with Crippen molar-refractivity contribution in [3.63, 3.8) is 0 Å². The number of benzene rings is 1. The number of carbonyl (C=O) groups is 2. The zero-order valence-corrected chi connectivity index (χ0v) is 13.8. The molecule has 1 aliphatic heterocycles. The van der Waals surface area contributed by atoms with Gasteiger partial charge >= 0.3 is 5.97 Å². The normalized spacial score (nSPS) is 16.7. The van der Waals surface area contributed by atoms with Gasteiger partial charge in [-0.3, -0.25) is 9.59 Å². The minimum atomic E-state index is -0.704. The summed E-state index contributed by atoms with van der Waals surface area (Å²) in [5.74, 6) is -0.212. The Balaban J connectivity index is 1.80. The van der Waals surface area contributed by atoms with Crippen molar-refractivity contribution in [3.05, 3.63) is 53.4 Å². The standard InChI is InChI=1S/C18H20N2O4/c1-13-12-15(24-19-13)16(21)20-10-8-18(9-11-20,17(22)23-2)14-6-4-3-5-7-14/h3-7,12H,8-11H2,1-2H3. The second-order valence-corrected chi connectivity index (χ2v) is 6.06. The number of carbonyl (C=O) groups excluding carboxylic acids is 2. The molecule has 0 unspecified atom stereocenters. The van der Waals surface area contributed by atoms with Crippen LogP contribution >= 0.6 is 0 Å². The Hall–Kier alpha value is -2.63. The Labute approximate surface area is 140 Å². The van der Waals surface area contributed by atoms with E-state index in [2.05, 4.69) is 5.16 Å². The van der Waals surface area contributed by atoms with Crippen LogP contribution in [0.4, 0.5) is 0 Å². The number of esters is 1. The first kappa shape index (κ1) is 16.2. The van der Waals surface area contributed by atoms with Crippen molar-refractivity contribution in [2.75, 3.05) is 20.2 Å². The molecule has 2 heterocycles. The first-order valence-electron chi connectivity index (χ1n) is 7.93. The number of aromatic nitrogens is 1. The monoisotopic (exact) mass is 328 g/mol. The average molecular weight is 328 g/mol. The van der Waals surface area contributed by atoms with E-state index in [1.165, 1.54) is 7.11 Å². The maximum Gasteiger partial charge on any atom is 0.316 e. The smallest absolute Gasteiger partial charge is 0.316 e. The quantitative estimate of drug-likeness (QED) is 0.809. The van der Waals surface area contributed by atoms with Crippen molar-refractivity contribution in [1.29, 1.82) is 0 Å². The van der Waals surface area contributed by atoms with Gasteiger partial charge in [0.1, 0.15) is 0 Å². The SMILES string of the molecule is COC(=O)C1(c2ccccc2)CCN(C(=O)c2cc(C)no2)CC1. The Bertz CT molecular complexity index is 730. The average Bonchev–Trinajstić information content (AvgIpc) is 3.07. The second-order valence-electron chi connectivity index (χ2n) is 6.06. The summed E-state index contributed by atoms with van der Waals surface area (Å²) in [6, 6.07) is 11.2. The number of likely N-dealkylation sites (tertiary alicyclic amines) is 1. The van der Waals surface area contributed by atoms with E-state index in [1.807, 2.05) is 30.3 Å². The highest BCUT2D eigenvalue weighted by molar-refractivity contribution is 5.92. The van der Waals surface area contributed by atoms with Crippen LogP contribution in [0, 0.1) is 6.92 Å². The zero-order valence-electron chi connectivity index (χ0n) is 13.8. The van der Waals surface area contributed by atoms with E-state index >= 15 is 0 Å². The highest BCUT2D eigenvalue weighted by Gasteiger charge is 2.45. The molecule has 0 atom stereocenters. The molecule has 0 spiro atoms. The number of amides is 1. The predicted molar refractivity (Wildman–Crippen MR) is 86.5 cm³/mol. The molecule has 1 aromatic carbocycles. The Morgan fingerprint density at radius 2 is 1.88 bits per heavy atom. The lowest BCUT2D eigenvalue weighted by atomic mass is 9.72. The van der Waals surface area contributed by atoms with Crippen LogP contribution in [0.3, 0.4) is 0 Å². The van der Waals surface area contributed by atoms with Crippen LogP contribution in [0.1, 0.15) is 34.7 Å². The number of methoxy groups -OCH3 is 1. The molecule has 3 rings (SSSR count). The lowest BCUT2D eigenvalue weighted by Gasteiger charge is -2.39. The van der Waals surface area contributed by atoms with Crippen LogP contribution < -0.4 is 0 Å². The van der Waals surface area contributed by atoms with Crippen LogP contribution in [-0.4, -0.2) is 42.1 Å². The fraction of sp³-hybridized carbons (Fsp3) is 0.389. The van der Waals surface area contributed by atoms with E-state index in [-0.39, 0.29) is 17.6 Å². The van der Waals surface area contributed by atoms with E-state index in [9.17, 15) is 9.59 Å². The summed E-state index contributed by atoms with van der Waals surface area (Å²) in [5.41, 5.74) is 0.896. The van der Waals surface area contributed by atoms with Crippen molar-refractivity contribution >= 4 is 11.9 Å². The summed E-state index contributed by atoms with van der Waals surface area (Å²) >= 11 is 0. The van der Waals surface area contributed by atoms with Crippen molar-refractivity contribution in [1.82, 2.24) is 10.1 Å². The number of nitrogens with zero attached hydrogens (tertiary/aromatic N) is 2. The van der Waals surface area contributed by atoms with Crippen LogP contribution in [0.2, 0.25) is 0 Å². The zero-order chi connectivity index (χ0) is 17.2. The summed E-state index contributed by atoms with van der Waals surface area (Å²) in [7, 11) is 1.40. The number of rotatable bonds is 3. The fourth-order valence-corrected chi connectivity index (χ4v) is 3.27. The molecule has 1 amide bonds. The molecule has 1 saturated heterocycles. The van der Waals surface area contributed by atoms with Crippen LogP contribution in [0.5, 0.6) is 0 Å². The maximum atomic E-state index is 12.5. The maximum absolute atomic E-state index is 12.5. The molecule has 1 aliphatic rings. The lowest BCUT2D eigenvalue weighted by molar-refractivity contribution is -0.149. The van der Waals surface area contributed by atoms with E-state index in [4.69, 9.17) is 9.26 Å². The van der Waals surface area contributed by atoms with Gasteiger partial charge in [-0.1, -0.05) is 35.5 Å².